The Hall–Kier alpha value is -2.59. The first-order valence-electron chi connectivity index (χ1n) is 19.0. The summed E-state index contributed by atoms with van der Waals surface area (Å²) in [5.74, 6) is 0.607. The Bertz CT molecular complexity index is 1630. The van der Waals surface area contributed by atoms with Crippen LogP contribution in [-0.2, 0) is 16.4 Å². The van der Waals surface area contributed by atoms with Crippen LogP contribution < -0.4 is 0 Å². The Labute approximate surface area is 280 Å². The van der Waals surface area contributed by atoms with Crippen molar-refractivity contribution in [1.29, 1.82) is 0 Å². The number of nitrogens with zero attached hydrogens (tertiary/aromatic N) is 1. The number of para-hydroxylation sites is 1. The van der Waals surface area contributed by atoms with Crippen molar-refractivity contribution in [2.45, 2.75) is 159 Å². The minimum absolute atomic E-state index is 0.446. The molecule has 0 saturated carbocycles. The van der Waals surface area contributed by atoms with E-state index in [-0.39, 0.29) is 0 Å². The first-order chi connectivity index (χ1) is 22.6. The predicted molar refractivity (Wildman–Crippen MR) is 198 cm³/mol. The van der Waals surface area contributed by atoms with Gasteiger partial charge in [0.15, 0.2) is 0 Å². The molecule has 1 atom stereocenters. The number of benzene rings is 3. The van der Waals surface area contributed by atoms with Crippen molar-refractivity contribution in [3.05, 3.63) is 60.7 Å². The maximum absolute atomic E-state index is 13.7. The molecule has 0 bridgehead atoms. The molecule has 2 heterocycles. The highest BCUT2D eigenvalue weighted by atomic mass is 32.2. The number of fused-ring (bicyclic) bond motifs is 6. The van der Waals surface area contributed by atoms with Crippen LogP contribution in [0.5, 0.6) is 0 Å². The third kappa shape index (κ3) is 8.46. The quantitative estimate of drug-likeness (QED) is 0.0705. The minimum atomic E-state index is -3.51. The first kappa shape index (κ1) is 34.7. The summed E-state index contributed by atoms with van der Waals surface area (Å²) in [4.78, 5) is 0.918. The van der Waals surface area contributed by atoms with Gasteiger partial charge in [0.25, 0.3) is 0 Å². The van der Waals surface area contributed by atoms with Crippen LogP contribution in [0, 0.1) is 5.92 Å². The molecule has 4 heteroatoms. The van der Waals surface area contributed by atoms with Crippen molar-refractivity contribution < 1.29 is 8.42 Å². The zero-order valence-electron chi connectivity index (χ0n) is 28.9. The fourth-order valence-electron chi connectivity index (χ4n) is 7.82. The fourth-order valence-corrected chi connectivity index (χ4v) is 9.51. The molecule has 250 valence electrons. The normalized spacial score (nSPS) is 14.2. The van der Waals surface area contributed by atoms with Crippen molar-refractivity contribution in [3.63, 3.8) is 0 Å². The SMILES string of the molecule is CCCCCCCCCCCCC(CCCCCCCCCC)Cn1c2ccccc2c2cc3c(cc21)S(=O)(=O)c1ccccc1-3. The zero-order valence-corrected chi connectivity index (χ0v) is 29.7. The van der Waals surface area contributed by atoms with Gasteiger partial charge in [0.2, 0.25) is 9.84 Å². The first-order valence-corrected chi connectivity index (χ1v) is 20.4. The van der Waals surface area contributed by atoms with Gasteiger partial charge in [-0.1, -0.05) is 166 Å². The predicted octanol–water partition coefficient (Wildman–Crippen LogP) is 13.1. The van der Waals surface area contributed by atoms with Crippen molar-refractivity contribution in [2.75, 3.05) is 0 Å². The summed E-state index contributed by atoms with van der Waals surface area (Å²) in [5.41, 5.74) is 3.99. The van der Waals surface area contributed by atoms with Gasteiger partial charge in [-0.25, -0.2) is 8.42 Å². The molecule has 1 aliphatic rings. The van der Waals surface area contributed by atoms with E-state index in [1.165, 1.54) is 145 Å². The second-order valence-electron chi connectivity index (χ2n) is 14.1. The lowest BCUT2D eigenvalue weighted by Crippen LogP contribution is -2.11. The number of rotatable bonds is 22. The lowest BCUT2D eigenvalue weighted by atomic mass is 9.93. The van der Waals surface area contributed by atoms with Crippen molar-refractivity contribution in [3.8, 4) is 11.1 Å². The van der Waals surface area contributed by atoms with Crippen LogP contribution in [0.2, 0.25) is 0 Å². The molecule has 0 saturated heterocycles. The highest BCUT2D eigenvalue weighted by Gasteiger charge is 2.34. The van der Waals surface area contributed by atoms with Crippen LogP contribution in [0.15, 0.2) is 70.5 Å². The third-order valence-corrected chi connectivity index (χ3v) is 12.4. The number of hydrogen-bond acceptors (Lipinski definition) is 2. The van der Waals surface area contributed by atoms with Gasteiger partial charge in [0.1, 0.15) is 0 Å². The summed E-state index contributed by atoms with van der Waals surface area (Å²) in [7, 11) is -3.51. The molecule has 0 spiro atoms. The van der Waals surface area contributed by atoms with Crippen LogP contribution in [-0.4, -0.2) is 13.0 Å². The monoisotopic (exact) mass is 641 g/mol. The summed E-state index contributed by atoms with van der Waals surface area (Å²) in [5, 5.41) is 2.40. The van der Waals surface area contributed by atoms with E-state index < -0.39 is 9.84 Å². The molecule has 4 aromatic rings. The van der Waals surface area contributed by atoms with Gasteiger partial charge in [-0.2, -0.15) is 0 Å². The van der Waals surface area contributed by atoms with E-state index in [0.717, 1.165) is 23.2 Å². The lowest BCUT2D eigenvalue weighted by molar-refractivity contribution is 0.364. The lowest BCUT2D eigenvalue weighted by Gasteiger charge is -2.20. The van der Waals surface area contributed by atoms with Gasteiger partial charge < -0.3 is 4.57 Å². The van der Waals surface area contributed by atoms with Crippen molar-refractivity contribution in [2.24, 2.45) is 5.92 Å². The zero-order chi connectivity index (χ0) is 32.2. The molecule has 0 fully saturated rings. The largest absolute Gasteiger partial charge is 0.340 e. The molecule has 1 aliphatic heterocycles. The molecule has 0 aliphatic carbocycles. The van der Waals surface area contributed by atoms with E-state index in [9.17, 15) is 8.42 Å². The van der Waals surface area contributed by atoms with Crippen LogP contribution in [0.25, 0.3) is 32.9 Å². The molecule has 1 aromatic heterocycles. The summed E-state index contributed by atoms with van der Waals surface area (Å²) >= 11 is 0. The Morgan fingerprint density at radius 3 is 1.65 bits per heavy atom. The van der Waals surface area contributed by atoms with E-state index >= 15 is 0 Å². The van der Waals surface area contributed by atoms with Crippen LogP contribution >= 0.6 is 0 Å². The van der Waals surface area contributed by atoms with E-state index in [1.54, 1.807) is 6.07 Å². The minimum Gasteiger partial charge on any atom is -0.340 e. The molecule has 3 nitrogen and oxygen atoms in total. The van der Waals surface area contributed by atoms with Crippen LogP contribution in [0.1, 0.15) is 142 Å². The highest BCUT2D eigenvalue weighted by Crippen LogP contribution is 2.46. The van der Waals surface area contributed by atoms with E-state index in [1.807, 2.05) is 24.3 Å². The molecule has 5 rings (SSSR count). The molecular formula is C42H59NO2S. The van der Waals surface area contributed by atoms with Crippen molar-refractivity contribution >= 4 is 31.6 Å². The smallest absolute Gasteiger partial charge is 0.207 e. The highest BCUT2D eigenvalue weighted by molar-refractivity contribution is 7.92. The molecule has 1 unspecified atom stereocenters. The average Bonchev–Trinajstić information content (AvgIpc) is 3.49. The van der Waals surface area contributed by atoms with E-state index in [4.69, 9.17) is 0 Å². The van der Waals surface area contributed by atoms with E-state index in [2.05, 4.69) is 48.7 Å². The number of unbranched alkanes of at least 4 members (excludes halogenated alkanes) is 16. The number of sulfone groups is 1. The standard InChI is InChI=1S/C42H59NO2S/c1-3-5-7-9-11-13-14-16-18-20-26-34(25-19-17-15-12-10-8-6-4-2)33-43-39-29-23-21-27-35(39)37-31-38-36-28-22-24-30-41(36)46(44,45)42(38)32-40(37)43/h21-24,27-32,34H,3-20,25-26,33H2,1-2H3. The maximum Gasteiger partial charge on any atom is 0.207 e. The average molecular weight is 642 g/mol. The van der Waals surface area contributed by atoms with E-state index in [0.29, 0.717) is 15.7 Å². The second kappa shape index (κ2) is 17.5. The van der Waals surface area contributed by atoms with Crippen molar-refractivity contribution in [1.82, 2.24) is 4.57 Å². The molecule has 0 N–H and O–H groups in total. The summed E-state index contributed by atoms with van der Waals surface area (Å²) in [6, 6.07) is 20.3. The summed E-state index contributed by atoms with van der Waals surface area (Å²) in [6.45, 7) is 5.54. The molecule has 0 radical (unpaired) electrons. The van der Waals surface area contributed by atoms with Gasteiger partial charge in [0, 0.05) is 34.0 Å². The molecule has 3 aromatic carbocycles. The summed E-state index contributed by atoms with van der Waals surface area (Å²) < 4.78 is 29.8. The molecule has 0 amide bonds. The summed E-state index contributed by atoms with van der Waals surface area (Å²) in [6.07, 6.45) is 27.0. The Kier molecular flexibility index (Phi) is 13.2. The fraction of sp³-hybridized carbons (Fsp3) is 0.571. The molecular weight excluding hydrogens is 583 g/mol. The second-order valence-corrected chi connectivity index (χ2v) is 16.0. The number of hydrogen-bond donors (Lipinski definition) is 0. The van der Waals surface area contributed by atoms with Gasteiger partial charge in [-0.3, -0.25) is 0 Å². The van der Waals surface area contributed by atoms with Gasteiger partial charge in [0.05, 0.1) is 15.3 Å². The van der Waals surface area contributed by atoms with Gasteiger partial charge >= 0.3 is 0 Å². The third-order valence-electron chi connectivity index (χ3n) is 10.5. The van der Waals surface area contributed by atoms with Gasteiger partial charge in [-0.05, 0) is 43.0 Å². The van der Waals surface area contributed by atoms with Crippen LogP contribution in [0.4, 0.5) is 0 Å². The molecule has 46 heavy (non-hydrogen) atoms. The Morgan fingerprint density at radius 1 is 0.522 bits per heavy atom. The number of aromatic nitrogens is 1. The Morgan fingerprint density at radius 2 is 1.04 bits per heavy atom. The van der Waals surface area contributed by atoms with Gasteiger partial charge in [-0.15, -0.1) is 0 Å². The topological polar surface area (TPSA) is 39.1 Å². The van der Waals surface area contributed by atoms with Crippen LogP contribution in [0.3, 0.4) is 0 Å². The maximum atomic E-state index is 13.7. The Balaban J connectivity index is 1.30.